The summed E-state index contributed by atoms with van der Waals surface area (Å²) in [5.41, 5.74) is 7.53. The number of hydrogen-bond acceptors (Lipinski definition) is 4. The summed E-state index contributed by atoms with van der Waals surface area (Å²) in [6.45, 7) is 0.141. The molecule has 48 heavy (non-hydrogen) atoms. The van der Waals surface area contributed by atoms with Crippen molar-refractivity contribution < 1.29 is 19.4 Å². The van der Waals surface area contributed by atoms with Gasteiger partial charge in [-0.05, 0) is 38.9 Å². The highest BCUT2D eigenvalue weighted by Crippen LogP contribution is 2.44. The molecule has 0 spiro atoms. The molecule has 1 aliphatic rings. The van der Waals surface area contributed by atoms with Crippen LogP contribution in [0.1, 0.15) is 45.8 Å². The van der Waals surface area contributed by atoms with Gasteiger partial charge in [-0.2, -0.15) is 0 Å². The summed E-state index contributed by atoms with van der Waals surface area (Å²) in [6, 6.07) is 46.3. The van der Waals surface area contributed by atoms with Gasteiger partial charge in [-0.15, -0.1) is 0 Å². The molecule has 7 heteroatoms. The monoisotopic (exact) mass is 633 g/mol. The fourth-order valence-electron chi connectivity index (χ4n) is 7.08. The number of benzene rings is 5. The number of carboxylic acids is 1. The number of nitrogens with zero attached hydrogens (tertiary/aromatic N) is 2. The molecule has 0 unspecified atom stereocenters. The lowest BCUT2D eigenvalue weighted by Crippen LogP contribution is -2.39. The number of imidazole rings is 1. The Morgan fingerprint density at radius 3 is 1.71 bits per heavy atom. The average Bonchev–Trinajstić information content (AvgIpc) is 3.71. The van der Waals surface area contributed by atoms with Crippen LogP contribution in [-0.2, 0) is 21.5 Å². The van der Waals surface area contributed by atoms with Gasteiger partial charge in [0.05, 0.1) is 18.4 Å². The van der Waals surface area contributed by atoms with Gasteiger partial charge in [0.2, 0.25) is 0 Å². The molecule has 0 saturated carbocycles. The number of amides is 1. The second kappa shape index (κ2) is 13.4. The van der Waals surface area contributed by atoms with Crippen molar-refractivity contribution in [3.8, 4) is 11.1 Å². The van der Waals surface area contributed by atoms with Crippen LogP contribution in [0.25, 0.3) is 11.1 Å². The largest absolute Gasteiger partial charge is 0.481 e. The lowest BCUT2D eigenvalue weighted by molar-refractivity contribution is -0.137. The van der Waals surface area contributed by atoms with E-state index in [0.717, 1.165) is 38.9 Å². The highest BCUT2D eigenvalue weighted by Gasteiger charge is 2.38. The van der Waals surface area contributed by atoms with E-state index in [1.807, 2.05) is 85.1 Å². The first kappa shape index (κ1) is 30.7. The highest BCUT2D eigenvalue weighted by atomic mass is 16.5. The molecule has 7 nitrogen and oxygen atoms in total. The van der Waals surface area contributed by atoms with Crippen LogP contribution in [0.4, 0.5) is 4.79 Å². The lowest BCUT2D eigenvalue weighted by Gasteiger charge is -2.37. The summed E-state index contributed by atoms with van der Waals surface area (Å²) < 4.78 is 7.83. The molecule has 0 bridgehead atoms. The molecule has 1 amide bonds. The second-order valence-corrected chi connectivity index (χ2v) is 12.0. The van der Waals surface area contributed by atoms with Gasteiger partial charge in [0.1, 0.15) is 12.1 Å². The van der Waals surface area contributed by atoms with Gasteiger partial charge >= 0.3 is 12.1 Å². The van der Waals surface area contributed by atoms with Gasteiger partial charge in [0.25, 0.3) is 0 Å². The van der Waals surface area contributed by atoms with Crippen molar-refractivity contribution in [3.05, 3.63) is 186 Å². The Bertz CT molecular complexity index is 1880. The van der Waals surface area contributed by atoms with Gasteiger partial charge in [-0.3, -0.25) is 4.79 Å². The number of carboxylic acid groups (broad SMARTS) is 1. The predicted molar refractivity (Wildman–Crippen MR) is 185 cm³/mol. The maximum Gasteiger partial charge on any atom is 0.407 e. The number of aliphatic carboxylic acids is 1. The summed E-state index contributed by atoms with van der Waals surface area (Å²) in [7, 11) is 0. The molecular weight excluding hydrogens is 598 g/mol. The zero-order valence-corrected chi connectivity index (χ0v) is 26.3. The number of ether oxygens (including phenoxy) is 1. The van der Waals surface area contributed by atoms with Crippen molar-refractivity contribution in [2.75, 3.05) is 6.61 Å². The van der Waals surface area contributed by atoms with Crippen LogP contribution in [0.3, 0.4) is 0 Å². The Balaban J connectivity index is 1.15. The van der Waals surface area contributed by atoms with Crippen LogP contribution < -0.4 is 5.32 Å². The summed E-state index contributed by atoms with van der Waals surface area (Å²) in [6.07, 6.45) is 3.00. The van der Waals surface area contributed by atoms with Crippen LogP contribution in [-0.4, -0.2) is 39.4 Å². The Morgan fingerprint density at radius 1 is 0.729 bits per heavy atom. The lowest BCUT2D eigenvalue weighted by atomic mass is 9.77. The minimum absolute atomic E-state index is 0.0983. The number of nitrogens with one attached hydrogen (secondary N) is 1. The molecule has 0 aliphatic heterocycles. The van der Waals surface area contributed by atoms with Gasteiger partial charge in [-0.25, -0.2) is 9.78 Å². The first-order valence-electron chi connectivity index (χ1n) is 16.1. The second-order valence-electron chi connectivity index (χ2n) is 12.0. The maximum absolute atomic E-state index is 13.2. The van der Waals surface area contributed by atoms with Crippen molar-refractivity contribution in [2.45, 2.75) is 30.3 Å². The molecule has 7 rings (SSSR count). The van der Waals surface area contributed by atoms with E-state index in [0.29, 0.717) is 5.69 Å². The van der Waals surface area contributed by atoms with Gasteiger partial charge in [0, 0.05) is 24.6 Å². The number of carbonyl (C=O) groups is 2. The molecular formula is C41H35N3O4. The fraction of sp³-hybridized carbons (Fsp3) is 0.146. The molecule has 1 atom stereocenters. The third-order valence-corrected chi connectivity index (χ3v) is 9.14. The van der Waals surface area contributed by atoms with Gasteiger partial charge in [-0.1, -0.05) is 140 Å². The van der Waals surface area contributed by atoms with Crippen molar-refractivity contribution in [2.24, 2.45) is 0 Å². The number of hydrogen-bond donors (Lipinski definition) is 2. The zero-order valence-electron chi connectivity index (χ0n) is 26.3. The summed E-state index contributed by atoms with van der Waals surface area (Å²) >= 11 is 0. The molecule has 0 fully saturated rings. The van der Waals surface area contributed by atoms with E-state index in [1.165, 1.54) is 0 Å². The Hall–Kier alpha value is -5.95. The van der Waals surface area contributed by atoms with Gasteiger partial charge < -0.3 is 19.7 Å². The topological polar surface area (TPSA) is 93.5 Å². The van der Waals surface area contributed by atoms with Crippen LogP contribution in [0.5, 0.6) is 0 Å². The standard InChI is InChI=1S/C41H35N3O4/c45-39(46)25-32(43-40(47)48-27-38-36-22-12-10-20-34(36)35-21-11-13-23-37(35)38)24-33-26-44(28-42-33)41(29-14-4-1-5-15-29,30-16-6-2-7-17-30)31-18-8-3-9-19-31/h1-23,26,28,32,38H,24-25,27H2,(H,43,47)(H,45,46)/t32-/m1/s1. The molecule has 0 radical (unpaired) electrons. The molecule has 0 saturated heterocycles. The van der Waals surface area contributed by atoms with Crippen molar-refractivity contribution in [3.63, 3.8) is 0 Å². The summed E-state index contributed by atoms with van der Waals surface area (Å²) in [4.78, 5) is 29.8. The SMILES string of the molecule is O=C(O)C[C@@H](Cc1cn(C(c2ccccc2)(c2ccccc2)c2ccccc2)cn1)NC(=O)OCC1c2ccccc2-c2ccccc21. The fourth-order valence-corrected chi connectivity index (χ4v) is 7.08. The number of carbonyl (C=O) groups excluding carboxylic acids is 1. The number of aromatic nitrogens is 2. The molecule has 1 aromatic heterocycles. The quantitative estimate of drug-likeness (QED) is 0.143. The summed E-state index contributed by atoms with van der Waals surface area (Å²) in [5, 5.41) is 12.6. The van der Waals surface area contributed by atoms with Crippen LogP contribution in [0, 0.1) is 0 Å². The summed E-state index contributed by atoms with van der Waals surface area (Å²) in [5.74, 6) is -1.12. The van der Waals surface area contributed by atoms with Crippen LogP contribution >= 0.6 is 0 Å². The molecule has 1 heterocycles. The zero-order chi connectivity index (χ0) is 32.9. The minimum Gasteiger partial charge on any atom is -0.481 e. The molecule has 2 N–H and O–H groups in total. The van der Waals surface area contributed by atoms with Crippen molar-refractivity contribution >= 4 is 12.1 Å². The van der Waals surface area contributed by atoms with E-state index in [9.17, 15) is 14.7 Å². The van der Waals surface area contributed by atoms with Crippen LogP contribution in [0.15, 0.2) is 152 Å². The first-order chi connectivity index (χ1) is 23.5. The smallest absolute Gasteiger partial charge is 0.407 e. The van der Waals surface area contributed by atoms with Crippen molar-refractivity contribution in [1.82, 2.24) is 14.9 Å². The highest BCUT2D eigenvalue weighted by molar-refractivity contribution is 5.79. The normalized spacial score (nSPS) is 12.9. The Kier molecular flexibility index (Phi) is 8.58. The molecule has 6 aromatic rings. The molecule has 1 aliphatic carbocycles. The predicted octanol–water partition coefficient (Wildman–Crippen LogP) is 7.65. The Morgan fingerprint density at radius 2 is 1.21 bits per heavy atom. The van der Waals surface area contributed by atoms with E-state index < -0.39 is 23.6 Å². The van der Waals surface area contributed by atoms with E-state index in [1.54, 1.807) is 6.33 Å². The van der Waals surface area contributed by atoms with E-state index in [-0.39, 0.29) is 25.4 Å². The third kappa shape index (κ3) is 5.86. The molecule has 238 valence electrons. The van der Waals surface area contributed by atoms with E-state index >= 15 is 0 Å². The number of fused-ring (bicyclic) bond motifs is 3. The number of rotatable bonds is 11. The Labute approximate surface area is 279 Å². The van der Waals surface area contributed by atoms with Crippen LogP contribution in [0.2, 0.25) is 0 Å². The first-order valence-corrected chi connectivity index (χ1v) is 16.1. The third-order valence-electron chi connectivity index (χ3n) is 9.14. The van der Waals surface area contributed by atoms with Crippen molar-refractivity contribution in [1.29, 1.82) is 0 Å². The van der Waals surface area contributed by atoms with E-state index in [2.05, 4.69) is 70.5 Å². The van der Waals surface area contributed by atoms with E-state index in [4.69, 9.17) is 9.72 Å². The average molecular weight is 634 g/mol. The van der Waals surface area contributed by atoms with Gasteiger partial charge in [0.15, 0.2) is 0 Å². The minimum atomic E-state index is -1.02. The maximum atomic E-state index is 13.2. The molecule has 5 aromatic carbocycles. The number of alkyl carbamates (subject to hydrolysis) is 1.